The second-order valence-corrected chi connectivity index (χ2v) is 3.87. The maximum Gasteiger partial charge on any atom is 0.163 e. The fourth-order valence-corrected chi connectivity index (χ4v) is 1.76. The molecule has 0 aliphatic heterocycles. The third-order valence-electron chi connectivity index (χ3n) is 2.66. The van der Waals surface area contributed by atoms with Gasteiger partial charge < -0.3 is 20.3 Å². The van der Waals surface area contributed by atoms with Crippen molar-refractivity contribution < 1.29 is 14.6 Å². The minimum Gasteiger partial charge on any atom is -0.493 e. The monoisotopic (exact) mass is 239 g/mol. The summed E-state index contributed by atoms with van der Waals surface area (Å²) in [5.74, 6) is 1.53. The smallest absolute Gasteiger partial charge is 0.163 e. The van der Waals surface area contributed by atoms with Crippen molar-refractivity contribution in [2.75, 3.05) is 26.9 Å². The van der Waals surface area contributed by atoms with E-state index in [9.17, 15) is 5.11 Å². The van der Waals surface area contributed by atoms with Crippen molar-refractivity contribution in [1.29, 1.82) is 0 Å². The largest absolute Gasteiger partial charge is 0.493 e. The van der Waals surface area contributed by atoms with Gasteiger partial charge in [-0.3, -0.25) is 0 Å². The van der Waals surface area contributed by atoms with Gasteiger partial charge in [-0.1, -0.05) is 12.1 Å². The zero-order chi connectivity index (χ0) is 12.7. The quantitative estimate of drug-likeness (QED) is 0.750. The van der Waals surface area contributed by atoms with Crippen LogP contribution >= 0.6 is 0 Å². The van der Waals surface area contributed by atoms with Gasteiger partial charge in [0.1, 0.15) is 0 Å². The van der Waals surface area contributed by atoms with Crippen LogP contribution in [0.3, 0.4) is 0 Å². The first-order valence-electron chi connectivity index (χ1n) is 5.86. The number of ether oxygens (including phenoxy) is 2. The van der Waals surface area contributed by atoms with E-state index in [2.05, 4.69) is 0 Å². The van der Waals surface area contributed by atoms with Crippen molar-refractivity contribution in [3.05, 3.63) is 23.8 Å². The second-order valence-electron chi connectivity index (χ2n) is 3.87. The van der Waals surface area contributed by atoms with Crippen LogP contribution in [0.25, 0.3) is 0 Å². The Kier molecular flexibility index (Phi) is 5.80. The van der Waals surface area contributed by atoms with Gasteiger partial charge in [-0.05, 0) is 37.4 Å². The van der Waals surface area contributed by atoms with E-state index in [0.29, 0.717) is 19.6 Å². The van der Waals surface area contributed by atoms with Crippen molar-refractivity contribution in [2.45, 2.75) is 13.3 Å². The molecule has 0 bridgehead atoms. The van der Waals surface area contributed by atoms with Gasteiger partial charge in [0, 0.05) is 6.61 Å². The molecule has 0 aromatic heterocycles. The summed E-state index contributed by atoms with van der Waals surface area (Å²) in [5, 5.41) is 9.17. The van der Waals surface area contributed by atoms with Crippen molar-refractivity contribution in [1.82, 2.24) is 0 Å². The molecule has 17 heavy (non-hydrogen) atoms. The summed E-state index contributed by atoms with van der Waals surface area (Å²) >= 11 is 0. The Morgan fingerprint density at radius 3 is 2.71 bits per heavy atom. The number of rotatable bonds is 7. The molecule has 0 aliphatic carbocycles. The maximum atomic E-state index is 9.17. The lowest BCUT2D eigenvalue weighted by atomic mass is 9.99. The summed E-state index contributed by atoms with van der Waals surface area (Å²) in [6, 6.07) is 5.77. The molecule has 0 fully saturated rings. The van der Waals surface area contributed by atoms with Crippen LogP contribution in [0.5, 0.6) is 11.5 Å². The summed E-state index contributed by atoms with van der Waals surface area (Å²) in [5.41, 5.74) is 6.60. The Hall–Kier alpha value is -1.26. The number of para-hydroxylation sites is 1. The van der Waals surface area contributed by atoms with Crippen LogP contribution in [-0.2, 0) is 6.42 Å². The topological polar surface area (TPSA) is 64.7 Å². The molecule has 1 rings (SSSR count). The number of nitrogens with two attached hydrogens (primary N) is 1. The number of aliphatic hydroxyl groups excluding tert-OH is 1. The van der Waals surface area contributed by atoms with Gasteiger partial charge >= 0.3 is 0 Å². The molecule has 1 aromatic carbocycles. The molecule has 0 saturated heterocycles. The van der Waals surface area contributed by atoms with E-state index in [1.807, 2.05) is 25.1 Å². The lowest BCUT2D eigenvalue weighted by Crippen LogP contribution is -2.20. The molecule has 1 unspecified atom stereocenters. The fourth-order valence-electron chi connectivity index (χ4n) is 1.76. The van der Waals surface area contributed by atoms with Crippen molar-refractivity contribution in [2.24, 2.45) is 11.7 Å². The standard InChI is InChI=1S/C13H21NO3/c1-3-17-12-6-4-5-11(13(12)16-2)7-10(8-14)9-15/h4-6,10,15H,3,7-9,14H2,1-2H3. The van der Waals surface area contributed by atoms with Gasteiger partial charge in [0.2, 0.25) is 0 Å². The highest BCUT2D eigenvalue weighted by molar-refractivity contribution is 5.46. The van der Waals surface area contributed by atoms with Gasteiger partial charge in [0.05, 0.1) is 13.7 Å². The number of aliphatic hydroxyl groups is 1. The second kappa shape index (κ2) is 7.14. The van der Waals surface area contributed by atoms with Crippen LogP contribution in [0.15, 0.2) is 18.2 Å². The van der Waals surface area contributed by atoms with Crippen LogP contribution in [0, 0.1) is 5.92 Å². The number of hydrogen-bond acceptors (Lipinski definition) is 4. The van der Waals surface area contributed by atoms with Crippen LogP contribution in [0.2, 0.25) is 0 Å². The normalized spacial score (nSPS) is 12.2. The Bertz CT molecular complexity index is 337. The molecular formula is C13H21NO3. The zero-order valence-electron chi connectivity index (χ0n) is 10.5. The minimum absolute atomic E-state index is 0.0563. The fraction of sp³-hybridized carbons (Fsp3) is 0.538. The third kappa shape index (κ3) is 3.61. The number of methoxy groups -OCH3 is 1. The first-order valence-corrected chi connectivity index (χ1v) is 5.86. The molecule has 0 spiro atoms. The number of hydrogen-bond donors (Lipinski definition) is 2. The van der Waals surface area contributed by atoms with E-state index in [0.717, 1.165) is 17.1 Å². The van der Waals surface area contributed by atoms with Gasteiger partial charge in [-0.15, -0.1) is 0 Å². The molecule has 0 saturated carbocycles. The predicted molar refractivity (Wildman–Crippen MR) is 67.5 cm³/mol. The Morgan fingerprint density at radius 1 is 1.41 bits per heavy atom. The maximum absolute atomic E-state index is 9.17. The highest BCUT2D eigenvalue weighted by atomic mass is 16.5. The SMILES string of the molecule is CCOc1cccc(CC(CN)CO)c1OC. The summed E-state index contributed by atoms with van der Waals surface area (Å²) in [6.45, 7) is 3.07. The Morgan fingerprint density at radius 2 is 2.18 bits per heavy atom. The molecule has 4 nitrogen and oxygen atoms in total. The molecule has 96 valence electrons. The van der Waals surface area contributed by atoms with Crippen LogP contribution in [-0.4, -0.2) is 32.0 Å². The van der Waals surface area contributed by atoms with Crippen LogP contribution < -0.4 is 15.2 Å². The molecular weight excluding hydrogens is 218 g/mol. The number of benzene rings is 1. The summed E-state index contributed by atoms with van der Waals surface area (Å²) in [4.78, 5) is 0. The average molecular weight is 239 g/mol. The highest BCUT2D eigenvalue weighted by Crippen LogP contribution is 2.32. The Balaban J connectivity index is 2.93. The summed E-state index contributed by atoms with van der Waals surface area (Å²) < 4.78 is 10.9. The first kappa shape index (κ1) is 13.8. The predicted octanol–water partition coefficient (Wildman–Crippen LogP) is 1.20. The first-order chi connectivity index (χ1) is 8.26. The van der Waals surface area contributed by atoms with Crippen molar-refractivity contribution in [3.8, 4) is 11.5 Å². The van der Waals surface area contributed by atoms with E-state index in [-0.39, 0.29) is 12.5 Å². The molecule has 0 radical (unpaired) electrons. The average Bonchev–Trinajstić information content (AvgIpc) is 2.36. The van der Waals surface area contributed by atoms with Gasteiger partial charge in [0.15, 0.2) is 11.5 Å². The molecule has 1 aromatic rings. The highest BCUT2D eigenvalue weighted by Gasteiger charge is 2.14. The third-order valence-corrected chi connectivity index (χ3v) is 2.66. The van der Waals surface area contributed by atoms with Crippen LogP contribution in [0.4, 0.5) is 0 Å². The van der Waals surface area contributed by atoms with E-state index in [1.54, 1.807) is 7.11 Å². The van der Waals surface area contributed by atoms with Gasteiger partial charge in [-0.25, -0.2) is 0 Å². The zero-order valence-corrected chi connectivity index (χ0v) is 10.5. The molecule has 1 atom stereocenters. The van der Waals surface area contributed by atoms with Gasteiger partial charge in [-0.2, -0.15) is 0 Å². The van der Waals surface area contributed by atoms with E-state index < -0.39 is 0 Å². The molecule has 3 N–H and O–H groups in total. The minimum atomic E-state index is 0.0563. The van der Waals surface area contributed by atoms with E-state index in [1.165, 1.54) is 0 Å². The molecule has 0 amide bonds. The van der Waals surface area contributed by atoms with E-state index >= 15 is 0 Å². The summed E-state index contributed by atoms with van der Waals surface area (Å²) in [7, 11) is 1.62. The molecule has 0 aliphatic rings. The summed E-state index contributed by atoms with van der Waals surface area (Å²) in [6.07, 6.45) is 0.692. The Labute approximate surface area is 102 Å². The van der Waals surface area contributed by atoms with Crippen LogP contribution in [0.1, 0.15) is 12.5 Å². The lowest BCUT2D eigenvalue weighted by molar-refractivity contribution is 0.228. The molecule has 4 heteroatoms. The molecule has 0 heterocycles. The van der Waals surface area contributed by atoms with Gasteiger partial charge in [0.25, 0.3) is 0 Å². The lowest BCUT2D eigenvalue weighted by Gasteiger charge is -2.16. The van der Waals surface area contributed by atoms with Crippen molar-refractivity contribution in [3.63, 3.8) is 0 Å². The van der Waals surface area contributed by atoms with E-state index in [4.69, 9.17) is 15.2 Å². The van der Waals surface area contributed by atoms with Crippen molar-refractivity contribution >= 4 is 0 Å².